The molecule has 0 spiro atoms. The lowest BCUT2D eigenvalue weighted by atomic mass is 9.78. The third kappa shape index (κ3) is 6.22. The van der Waals surface area contributed by atoms with E-state index >= 15 is 0 Å². The van der Waals surface area contributed by atoms with Crippen LogP contribution in [0, 0.1) is 0 Å². The highest BCUT2D eigenvalue weighted by Gasteiger charge is 2.26. The average Bonchev–Trinajstić information content (AvgIpc) is 2.74. The van der Waals surface area contributed by atoms with Crippen LogP contribution < -0.4 is 10.7 Å². The second kappa shape index (κ2) is 9.49. The van der Waals surface area contributed by atoms with Crippen molar-refractivity contribution in [1.82, 2.24) is 5.43 Å². The van der Waals surface area contributed by atoms with Crippen LogP contribution >= 0.6 is 0 Å². The first-order valence-electron chi connectivity index (χ1n) is 11.1. The van der Waals surface area contributed by atoms with Gasteiger partial charge in [-0.1, -0.05) is 65.8 Å². The topological polar surface area (TPSA) is 73.7 Å². The van der Waals surface area contributed by atoms with Gasteiger partial charge in [0.1, 0.15) is 5.75 Å². The molecule has 0 bridgehead atoms. The van der Waals surface area contributed by atoms with Crippen molar-refractivity contribution in [3.8, 4) is 5.75 Å². The van der Waals surface area contributed by atoms with E-state index < -0.39 is 0 Å². The van der Waals surface area contributed by atoms with Gasteiger partial charge in [0.05, 0.1) is 6.21 Å². The molecule has 0 aromatic heterocycles. The Morgan fingerprint density at radius 1 is 0.818 bits per heavy atom. The number of hydrazone groups is 1. The number of benzene rings is 3. The largest absolute Gasteiger partial charge is 0.507 e. The van der Waals surface area contributed by atoms with Gasteiger partial charge in [0, 0.05) is 28.1 Å². The zero-order valence-corrected chi connectivity index (χ0v) is 20.2. The summed E-state index contributed by atoms with van der Waals surface area (Å²) in [6.07, 6.45) is 1.62. The highest BCUT2D eigenvalue weighted by atomic mass is 16.3. The Morgan fingerprint density at radius 2 is 1.39 bits per heavy atom. The van der Waals surface area contributed by atoms with Gasteiger partial charge in [-0.3, -0.25) is 4.79 Å². The van der Waals surface area contributed by atoms with Crippen molar-refractivity contribution in [3.05, 3.63) is 89.0 Å². The minimum atomic E-state index is -0.297. The Bertz CT molecular complexity index is 1120. The van der Waals surface area contributed by atoms with Gasteiger partial charge in [0.15, 0.2) is 0 Å². The van der Waals surface area contributed by atoms with Crippen molar-refractivity contribution in [1.29, 1.82) is 0 Å². The quantitative estimate of drug-likeness (QED) is 0.311. The fourth-order valence-corrected chi connectivity index (χ4v) is 3.53. The van der Waals surface area contributed by atoms with Crippen LogP contribution in [0.1, 0.15) is 68.6 Å². The highest BCUT2D eigenvalue weighted by molar-refractivity contribution is 5.96. The van der Waals surface area contributed by atoms with E-state index in [9.17, 15) is 9.90 Å². The first-order valence-corrected chi connectivity index (χ1v) is 11.1. The molecule has 0 aliphatic rings. The number of hydrogen-bond acceptors (Lipinski definition) is 4. The number of para-hydroxylation sites is 1. The van der Waals surface area contributed by atoms with Gasteiger partial charge in [0.25, 0.3) is 5.91 Å². The molecule has 33 heavy (non-hydrogen) atoms. The molecule has 172 valence electrons. The fourth-order valence-electron chi connectivity index (χ4n) is 3.53. The first kappa shape index (κ1) is 24.1. The van der Waals surface area contributed by atoms with Gasteiger partial charge >= 0.3 is 0 Å². The van der Waals surface area contributed by atoms with E-state index in [-0.39, 0.29) is 16.7 Å². The molecule has 3 rings (SSSR count). The summed E-state index contributed by atoms with van der Waals surface area (Å²) in [5, 5.41) is 18.3. The van der Waals surface area contributed by atoms with E-state index in [1.807, 2.05) is 54.6 Å². The van der Waals surface area contributed by atoms with Gasteiger partial charge in [-0.05, 0) is 58.9 Å². The highest BCUT2D eigenvalue weighted by Crippen LogP contribution is 2.39. The molecular weight excluding hydrogens is 410 g/mol. The van der Waals surface area contributed by atoms with Crippen molar-refractivity contribution in [2.45, 2.75) is 52.4 Å². The van der Waals surface area contributed by atoms with Crippen molar-refractivity contribution in [3.63, 3.8) is 0 Å². The summed E-state index contributed by atoms with van der Waals surface area (Å²) in [6, 6.07) is 20.9. The van der Waals surface area contributed by atoms with Gasteiger partial charge in [0.2, 0.25) is 0 Å². The van der Waals surface area contributed by atoms with Crippen LogP contribution in [-0.4, -0.2) is 17.2 Å². The normalized spacial score (nSPS) is 12.1. The number of rotatable bonds is 5. The van der Waals surface area contributed by atoms with Crippen LogP contribution in [0.4, 0.5) is 11.4 Å². The van der Waals surface area contributed by atoms with E-state index in [1.165, 1.54) is 0 Å². The van der Waals surface area contributed by atoms with E-state index in [0.717, 1.165) is 28.1 Å². The summed E-state index contributed by atoms with van der Waals surface area (Å²) in [5.41, 5.74) is 6.94. The van der Waals surface area contributed by atoms with Crippen LogP contribution in [0.25, 0.3) is 0 Å². The maximum absolute atomic E-state index is 12.7. The molecular formula is C28H33N3O2. The van der Waals surface area contributed by atoms with Gasteiger partial charge < -0.3 is 10.4 Å². The number of carbonyl (C=O) groups excluding carboxylic acids is 1. The monoisotopic (exact) mass is 443 g/mol. The lowest BCUT2D eigenvalue weighted by molar-refractivity contribution is 0.0955. The summed E-state index contributed by atoms with van der Waals surface area (Å²) in [4.78, 5) is 12.7. The van der Waals surface area contributed by atoms with Crippen LogP contribution in [0.2, 0.25) is 0 Å². The van der Waals surface area contributed by atoms with Crippen molar-refractivity contribution in [2.24, 2.45) is 5.10 Å². The Hall–Kier alpha value is -3.60. The number of amides is 1. The predicted molar refractivity (Wildman–Crippen MR) is 137 cm³/mol. The summed E-state index contributed by atoms with van der Waals surface area (Å²) in [7, 11) is 0. The molecule has 0 heterocycles. The van der Waals surface area contributed by atoms with Crippen LogP contribution in [0.5, 0.6) is 5.75 Å². The van der Waals surface area contributed by atoms with Gasteiger partial charge in [-0.15, -0.1) is 0 Å². The molecule has 0 fully saturated rings. The molecule has 0 aliphatic carbocycles. The van der Waals surface area contributed by atoms with Crippen LogP contribution in [-0.2, 0) is 10.8 Å². The van der Waals surface area contributed by atoms with Gasteiger partial charge in [-0.2, -0.15) is 5.10 Å². The second-order valence-corrected chi connectivity index (χ2v) is 10.2. The molecule has 1 amide bonds. The molecule has 0 atom stereocenters. The lowest BCUT2D eigenvalue weighted by Gasteiger charge is -2.27. The van der Waals surface area contributed by atoms with E-state index in [0.29, 0.717) is 11.3 Å². The molecule has 0 aliphatic heterocycles. The Kier molecular flexibility index (Phi) is 6.92. The number of nitrogens with zero attached hydrogens (tertiary/aromatic N) is 1. The number of phenolic OH excluding ortho intramolecular Hbond substituents is 1. The maximum atomic E-state index is 12.7. The first-order chi connectivity index (χ1) is 15.4. The molecule has 3 N–H and O–H groups in total. The summed E-state index contributed by atoms with van der Waals surface area (Å²) in [6.45, 7) is 12.4. The van der Waals surface area contributed by atoms with Crippen molar-refractivity contribution >= 4 is 23.5 Å². The molecule has 0 unspecified atom stereocenters. The number of carbonyl (C=O) groups is 1. The third-order valence-electron chi connectivity index (χ3n) is 5.32. The zero-order valence-electron chi connectivity index (χ0n) is 20.2. The SMILES string of the molecule is CC(C)(C)c1cc(/C=N\NC(=O)c2cccc(Nc3ccccc3)c2)cc(C(C)(C)C)c1O. The summed E-state index contributed by atoms with van der Waals surface area (Å²) < 4.78 is 0. The molecule has 5 heteroatoms. The number of aromatic hydroxyl groups is 1. The minimum Gasteiger partial charge on any atom is -0.507 e. The van der Waals surface area contributed by atoms with E-state index in [2.05, 4.69) is 57.4 Å². The third-order valence-corrected chi connectivity index (χ3v) is 5.32. The van der Waals surface area contributed by atoms with Crippen molar-refractivity contribution in [2.75, 3.05) is 5.32 Å². The molecule has 5 nitrogen and oxygen atoms in total. The Labute approximate surface area is 196 Å². The number of anilines is 2. The predicted octanol–water partition coefficient (Wildman–Crippen LogP) is 6.49. The standard InChI is InChI=1S/C28H33N3O2/c1-27(2,3)23-15-19(16-24(25(23)32)28(4,5)6)18-29-31-26(33)20-11-10-14-22(17-20)30-21-12-8-7-9-13-21/h7-18,30,32H,1-6H3,(H,31,33)/b29-18-. The van der Waals surface area contributed by atoms with E-state index in [1.54, 1.807) is 18.3 Å². The fraction of sp³-hybridized carbons (Fsp3) is 0.286. The second-order valence-electron chi connectivity index (χ2n) is 10.2. The Morgan fingerprint density at radius 3 is 1.97 bits per heavy atom. The van der Waals surface area contributed by atoms with Crippen LogP contribution in [0.15, 0.2) is 71.8 Å². The van der Waals surface area contributed by atoms with Gasteiger partial charge in [-0.25, -0.2) is 5.43 Å². The van der Waals surface area contributed by atoms with E-state index in [4.69, 9.17) is 0 Å². The molecule has 3 aromatic carbocycles. The molecule has 0 radical (unpaired) electrons. The Balaban J connectivity index is 1.78. The van der Waals surface area contributed by atoms with Crippen LogP contribution in [0.3, 0.4) is 0 Å². The molecule has 0 saturated carbocycles. The summed E-state index contributed by atoms with van der Waals surface area (Å²) in [5.74, 6) is 0.0211. The zero-order chi connectivity index (χ0) is 24.2. The number of nitrogens with one attached hydrogen (secondary N) is 2. The smallest absolute Gasteiger partial charge is 0.271 e. The number of hydrogen-bond donors (Lipinski definition) is 3. The average molecular weight is 444 g/mol. The lowest BCUT2D eigenvalue weighted by Crippen LogP contribution is -2.19. The summed E-state index contributed by atoms with van der Waals surface area (Å²) >= 11 is 0. The van der Waals surface area contributed by atoms with Crippen molar-refractivity contribution < 1.29 is 9.90 Å². The molecule has 3 aromatic rings. The number of phenols is 1. The minimum absolute atomic E-state index is 0.233. The maximum Gasteiger partial charge on any atom is 0.271 e. The molecule has 0 saturated heterocycles.